The maximum Gasteiger partial charge on any atom is 0.157 e. The lowest BCUT2D eigenvalue weighted by atomic mass is 9.98. The van der Waals surface area contributed by atoms with Crippen molar-refractivity contribution < 1.29 is 0 Å². The van der Waals surface area contributed by atoms with E-state index in [0.717, 1.165) is 43.1 Å². The van der Waals surface area contributed by atoms with Gasteiger partial charge in [0.05, 0.1) is 11.4 Å². The van der Waals surface area contributed by atoms with E-state index in [0.29, 0.717) is 0 Å². The average Bonchev–Trinajstić information content (AvgIpc) is 2.84. The molecule has 0 amide bonds. The molecule has 2 aliphatic rings. The Hall–Kier alpha value is -2.85. The molecule has 0 fully saturated rings. The lowest BCUT2D eigenvalue weighted by Crippen LogP contribution is -2.29. The number of pyridine rings is 1. The molecule has 0 spiro atoms. The highest BCUT2D eigenvalue weighted by molar-refractivity contribution is 5.81. The summed E-state index contributed by atoms with van der Waals surface area (Å²) in [6.07, 6.45) is 10.7. The summed E-state index contributed by atoms with van der Waals surface area (Å²) < 4.78 is 0. The van der Waals surface area contributed by atoms with E-state index in [9.17, 15) is 0 Å². The summed E-state index contributed by atoms with van der Waals surface area (Å²) in [4.78, 5) is 11.8. The molecule has 0 radical (unpaired) electrons. The Labute approximate surface area is 168 Å². The minimum Gasteiger partial charge on any atom is -0.324 e. The molecule has 28 heavy (non-hydrogen) atoms. The van der Waals surface area contributed by atoms with Crippen LogP contribution in [-0.4, -0.2) is 37.1 Å². The van der Waals surface area contributed by atoms with Gasteiger partial charge in [0.15, 0.2) is 5.82 Å². The zero-order chi connectivity index (χ0) is 19.5. The molecule has 1 aliphatic heterocycles. The molecule has 1 aromatic heterocycles. The molecular weight excluding hydrogens is 344 g/mol. The van der Waals surface area contributed by atoms with Gasteiger partial charge >= 0.3 is 0 Å². The van der Waals surface area contributed by atoms with Crippen LogP contribution in [-0.2, 0) is 0 Å². The van der Waals surface area contributed by atoms with E-state index in [1.54, 1.807) is 0 Å². The third-order valence-electron chi connectivity index (χ3n) is 5.24. The summed E-state index contributed by atoms with van der Waals surface area (Å²) in [7, 11) is 4.26. The van der Waals surface area contributed by atoms with Crippen molar-refractivity contribution in [1.82, 2.24) is 9.88 Å². The molecular formula is C24H28N4. The first-order valence-electron chi connectivity index (χ1n) is 9.95. The second-order valence-electron chi connectivity index (χ2n) is 7.65. The van der Waals surface area contributed by atoms with Gasteiger partial charge in [0.25, 0.3) is 0 Å². The van der Waals surface area contributed by atoms with Crippen LogP contribution in [0.3, 0.4) is 0 Å². The summed E-state index contributed by atoms with van der Waals surface area (Å²) in [6.45, 7) is 4.21. The van der Waals surface area contributed by atoms with E-state index in [2.05, 4.69) is 90.5 Å². The van der Waals surface area contributed by atoms with Crippen LogP contribution in [0.4, 0.5) is 17.2 Å². The molecule has 0 N–H and O–H groups in total. The van der Waals surface area contributed by atoms with E-state index in [4.69, 9.17) is 4.98 Å². The minimum atomic E-state index is 0.939. The van der Waals surface area contributed by atoms with Crippen LogP contribution in [0.15, 0.2) is 83.9 Å². The van der Waals surface area contributed by atoms with Crippen molar-refractivity contribution in [2.75, 3.05) is 37.0 Å². The van der Waals surface area contributed by atoms with Crippen molar-refractivity contribution in [2.24, 2.45) is 0 Å². The van der Waals surface area contributed by atoms with E-state index in [-0.39, 0.29) is 0 Å². The Balaban J connectivity index is 1.85. The average molecular weight is 373 g/mol. The third-order valence-corrected chi connectivity index (χ3v) is 5.24. The number of hydrogen-bond donors (Lipinski definition) is 0. The zero-order valence-corrected chi connectivity index (χ0v) is 17.0. The number of aromatic nitrogens is 1. The third kappa shape index (κ3) is 3.60. The second-order valence-corrected chi connectivity index (χ2v) is 7.65. The van der Waals surface area contributed by atoms with Gasteiger partial charge in [-0.25, -0.2) is 4.98 Å². The number of rotatable bonds is 5. The first kappa shape index (κ1) is 18.5. The largest absolute Gasteiger partial charge is 0.324 e. The van der Waals surface area contributed by atoms with E-state index in [1.807, 2.05) is 12.3 Å². The Morgan fingerprint density at radius 2 is 1.89 bits per heavy atom. The number of para-hydroxylation sites is 1. The van der Waals surface area contributed by atoms with Gasteiger partial charge in [0.2, 0.25) is 0 Å². The molecule has 2 aromatic rings. The maximum atomic E-state index is 4.84. The van der Waals surface area contributed by atoms with Gasteiger partial charge in [0.1, 0.15) is 0 Å². The van der Waals surface area contributed by atoms with Crippen LogP contribution in [0.1, 0.15) is 19.8 Å². The lowest BCUT2D eigenvalue weighted by molar-refractivity contribution is 0.402. The molecule has 144 valence electrons. The fraction of sp³-hybridized carbons (Fsp3) is 0.292. The standard InChI is InChI=1S/C24H28N4/c1-19-10-7-11-20-18-28(21-12-5-4-6-13-21)22-14-8-15-25-24(22)27(23(19)20)17-9-16-26(2)3/h4-8,10,12-15,18H,9,11,16-17H2,1-3H3. The van der Waals surface area contributed by atoms with Crippen LogP contribution in [0.25, 0.3) is 0 Å². The number of fused-ring (bicyclic) bond motifs is 2. The van der Waals surface area contributed by atoms with E-state index < -0.39 is 0 Å². The molecule has 1 aromatic carbocycles. The monoisotopic (exact) mass is 372 g/mol. The van der Waals surface area contributed by atoms with Gasteiger partial charge in [-0.05, 0) is 75.8 Å². The SMILES string of the molecule is CC1=C2C(=CN(c3ccccc3)c3cccnc3N2CCCN(C)C)CC=C1. The Morgan fingerprint density at radius 1 is 1.07 bits per heavy atom. The number of hydrogen-bond acceptors (Lipinski definition) is 4. The summed E-state index contributed by atoms with van der Waals surface area (Å²) in [5, 5.41) is 0. The second kappa shape index (κ2) is 8.03. The first-order valence-corrected chi connectivity index (χ1v) is 9.95. The lowest BCUT2D eigenvalue weighted by Gasteiger charge is -2.30. The molecule has 0 bridgehead atoms. The van der Waals surface area contributed by atoms with Crippen molar-refractivity contribution in [3.05, 3.63) is 83.9 Å². The molecule has 4 heteroatoms. The minimum absolute atomic E-state index is 0.939. The molecule has 4 nitrogen and oxygen atoms in total. The zero-order valence-electron chi connectivity index (χ0n) is 17.0. The van der Waals surface area contributed by atoms with Crippen LogP contribution in [0.5, 0.6) is 0 Å². The fourth-order valence-corrected chi connectivity index (χ4v) is 3.97. The summed E-state index contributed by atoms with van der Waals surface area (Å²) in [5.41, 5.74) is 6.23. The van der Waals surface area contributed by atoms with Gasteiger partial charge in [-0.2, -0.15) is 0 Å². The van der Waals surface area contributed by atoms with Gasteiger partial charge in [-0.15, -0.1) is 0 Å². The molecule has 0 saturated heterocycles. The molecule has 2 heterocycles. The first-order chi connectivity index (χ1) is 13.6. The van der Waals surface area contributed by atoms with Gasteiger partial charge in [-0.1, -0.05) is 30.4 Å². The molecule has 0 atom stereocenters. The normalized spacial score (nSPS) is 16.1. The predicted molar refractivity (Wildman–Crippen MR) is 118 cm³/mol. The Kier molecular flexibility index (Phi) is 5.31. The van der Waals surface area contributed by atoms with Crippen molar-refractivity contribution in [3.63, 3.8) is 0 Å². The van der Waals surface area contributed by atoms with Gasteiger partial charge < -0.3 is 14.7 Å². The summed E-state index contributed by atoms with van der Waals surface area (Å²) in [6, 6.07) is 14.8. The number of allylic oxidation sites excluding steroid dienone is 4. The van der Waals surface area contributed by atoms with Crippen molar-refractivity contribution in [3.8, 4) is 0 Å². The summed E-state index contributed by atoms with van der Waals surface area (Å²) >= 11 is 0. The number of anilines is 3. The topological polar surface area (TPSA) is 22.6 Å². The number of nitrogens with zero attached hydrogens (tertiary/aromatic N) is 4. The van der Waals surface area contributed by atoms with E-state index in [1.165, 1.54) is 16.8 Å². The van der Waals surface area contributed by atoms with Crippen LogP contribution < -0.4 is 9.80 Å². The van der Waals surface area contributed by atoms with Crippen LogP contribution in [0, 0.1) is 0 Å². The van der Waals surface area contributed by atoms with E-state index >= 15 is 0 Å². The molecule has 0 unspecified atom stereocenters. The van der Waals surface area contributed by atoms with Crippen LogP contribution in [0.2, 0.25) is 0 Å². The molecule has 1 aliphatic carbocycles. The fourth-order valence-electron chi connectivity index (χ4n) is 3.97. The predicted octanol–water partition coefficient (Wildman–Crippen LogP) is 5.11. The highest BCUT2D eigenvalue weighted by atomic mass is 15.3. The maximum absolute atomic E-state index is 4.84. The van der Waals surface area contributed by atoms with Crippen molar-refractivity contribution in [2.45, 2.75) is 19.8 Å². The highest BCUT2D eigenvalue weighted by Gasteiger charge is 2.28. The van der Waals surface area contributed by atoms with Crippen molar-refractivity contribution >= 4 is 17.2 Å². The van der Waals surface area contributed by atoms with Crippen molar-refractivity contribution in [1.29, 1.82) is 0 Å². The highest BCUT2D eigenvalue weighted by Crippen LogP contribution is 2.42. The Morgan fingerprint density at radius 3 is 2.68 bits per heavy atom. The smallest absolute Gasteiger partial charge is 0.157 e. The quantitative estimate of drug-likeness (QED) is 0.727. The van der Waals surface area contributed by atoms with Gasteiger partial charge in [0, 0.05) is 24.6 Å². The molecule has 4 rings (SSSR count). The van der Waals surface area contributed by atoms with Gasteiger partial charge in [-0.3, -0.25) is 0 Å². The Bertz CT molecular complexity index is 925. The number of benzene rings is 1. The van der Waals surface area contributed by atoms with Crippen LogP contribution >= 0.6 is 0 Å². The molecule has 0 saturated carbocycles. The summed E-state index contributed by atoms with van der Waals surface area (Å²) in [5.74, 6) is 1.03.